The van der Waals surface area contributed by atoms with Crippen LogP contribution in [0.4, 0.5) is 0 Å². The smallest absolute Gasteiger partial charge is 0.281 e. The molecule has 17 nitrogen and oxygen atoms in total. The lowest BCUT2D eigenvalue weighted by Gasteiger charge is -2.20. The van der Waals surface area contributed by atoms with Crippen molar-refractivity contribution in [2.75, 3.05) is 0 Å². The van der Waals surface area contributed by atoms with Crippen molar-refractivity contribution in [1.82, 2.24) is 0 Å². The molecule has 1 aromatic carbocycles. The molecule has 0 radical (unpaired) electrons. The monoisotopic (exact) mass is 1000 g/mol. The summed E-state index contributed by atoms with van der Waals surface area (Å²) >= 11 is 66.1. The van der Waals surface area contributed by atoms with E-state index < -0.39 is 95.8 Å². The summed E-state index contributed by atoms with van der Waals surface area (Å²) < 4.78 is 0. The first-order valence-electron chi connectivity index (χ1n) is 12.7. The van der Waals surface area contributed by atoms with E-state index >= 15 is 0 Å². The van der Waals surface area contributed by atoms with Crippen LogP contribution in [0.15, 0.2) is 0 Å². The Morgan fingerprint density at radius 2 is 0.717 bits per heavy atom. The highest BCUT2D eigenvalue weighted by molar-refractivity contribution is 7.20. The van der Waals surface area contributed by atoms with Crippen LogP contribution in [0.3, 0.4) is 0 Å². The third-order valence-electron chi connectivity index (χ3n) is 6.29. The Balaban J connectivity index is 0.000000837. The second-order valence-corrected chi connectivity index (χ2v) is 14.9. The van der Waals surface area contributed by atoms with E-state index in [2.05, 4.69) is 0 Å². The lowest BCUT2D eigenvalue weighted by molar-refractivity contribution is -0.816. The standard InChI is InChI=1S/C10H12Cl2N4O10.C7Cl6O.C6Cl4O2S/c11-7(17)1-3-9(13(19)20,14(21)22)5-6-10(15(23)24,16(25)26)4-2-8(12)18;8-2-1(7(13)14)3(9)5(11)6(12)4(2)10;7-1-2(8)4(6(10)12)13-3(1)5(9)11/h1-6H2;;. The maximum Gasteiger partial charge on any atom is 0.459 e. The van der Waals surface area contributed by atoms with Gasteiger partial charge in [-0.25, -0.2) is 0 Å². The Kier molecular flexibility index (Phi) is 21.5. The molecule has 0 aliphatic rings. The Hall–Kier alpha value is -1.65. The van der Waals surface area contributed by atoms with Gasteiger partial charge in [-0.2, -0.15) is 0 Å². The zero-order valence-corrected chi connectivity index (χ0v) is 34.7. The Labute approximate surface area is 358 Å². The SMILES string of the molecule is O=C(Cl)CCC(CCC(CCC(=O)Cl)([N+](=O)[O-])[N+](=O)[O-])([N+](=O)[O-])[N+](=O)[O-].O=C(Cl)c1c(Cl)c(Cl)c(Cl)c(Cl)c1Cl.O=C(Cl)c1sc(C(=O)Cl)c(Cl)c1Cl. The van der Waals surface area contributed by atoms with Gasteiger partial charge in [0.05, 0.1) is 73.3 Å². The van der Waals surface area contributed by atoms with Crippen molar-refractivity contribution in [1.29, 1.82) is 0 Å². The first kappa shape index (κ1) is 51.4. The van der Waals surface area contributed by atoms with Gasteiger partial charge in [0.15, 0.2) is 0 Å². The number of halogens is 12. The molecule has 0 N–H and O–H groups in total. The number of benzene rings is 1. The molecule has 0 aliphatic heterocycles. The maximum atomic E-state index is 11.2. The highest BCUT2D eigenvalue weighted by Gasteiger charge is 2.63. The van der Waals surface area contributed by atoms with Crippen molar-refractivity contribution in [3.05, 3.63) is 90.9 Å². The molecule has 0 saturated heterocycles. The lowest BCUT2D eigenvalue weighted by atomic mass is 9.91. The van der Waals surface area contributed by atoms with Gasteiger partial charge in [0.25, 0.3) is 15.7 Å². The Morgan fingerprint density at radius 1 is 0.453 bits per heavy atom. The number of carbonyl (C=O) groups excluding carboxylic acids is 5. The van der Waals surface area contributed by atoms with E-state index in [1.165, 1.54) is 0 Å². The van der Waals surface area contributed by atoms with Gasteiger partial charge in [-0.1, -0.05) is 81.2 Å². The van der Waals surface area contributed by atoms with Crippen LogP contribution >= 0.6 is 151 Å². The fourth-order valence-electron chi connectivity index (χ4n) is 3.53. The van der Waals surface area contributed by atoms with E-state index in [0.717, 1.165) is 11.3 Å². The van der Waals surface area contributed by atoms with Crippen LogP contribution in [-0.4, -0.2) is 57.2 Å². The number of hydrogen-bond donors (Lipinski definition) is 0. The van der Waals surface area contributed by atoms with E-state index in [0.29, 0.717) is 0 Å². The molecule has 1 heterocycles. The van der Waals surface area contributed by atoms with Gasteiger partial charge >= 0.3 is 11.3 Å². The summed E-state index contributed by atoms with van der Waals surface area (Å²) in [5.41, 5.74) is -6.33. The average Bonchev–Trinajstić information content (AvgIpc) is 3.34. The van der Waals surface area contributed by atoms with Crippen molar-refractivity contribution in [3.8, 4) is 0 Å². The van der Waals surface area contributed by atoms with Gasteiger partial charge in [-0.3, -0.25) is 64.4 Å². The normalized spacial score (nSPS) is 10.9. The summed E-state index contributed by atoms with van der Waals surface area (Å²) in [6.45, 7) is 0. The molecular formula is C23H12Cl12N4O13S. The summed E-state index contributed by atoms with van der Waals surface area (Å²) in [5.74, 6) is 0. The molecular weight excluding hydrogens is 998 g/mol. The number of nitrogens with zero attached hydrogens (tertiary/aromatic N) is 4. The summed E-state index contributed by atoms with van der Waals surface area (Å²) in [6, 6.07) is 0. The molecule has 0 amide bonds. The molecule has 2 rings (SSSR count). The zero-order chi connectivity index (χ0) is 41.9. The fourth-order valence-corrected chi connectivity index (χ4v) is 7.29. The second-order valence-electron chi connectivity index (χ2n) is 9.36. The molecule has 0 fully saturated rings. The molecule has 0 saturated carbocycles. The molecule has 1 aromatic heterocycles. The van der Waals surface area contributed by atoms with Crippen LogP contribution < -0.4 is 0 Å². The third kappa shape index (κ3) is 13.5. The maximum absolute atomic E-state index is 11.2. The van der Waals surface area contributed by atoms with Crippen molar-refractivity contribution in [3.63, 3.8) is 0 Å². The molecule has 30 heteroatoms. The lowest BCUT2D eigenvalue weighted by Crippen LogP contribution is -2.52. The first-order valence-corrected chi connectivity index (χ1v) is 18.0. The molecule has 53 heavy (non-hydrogen) atoms. The van der Waals surface area contributed by atoms with Crippen LogP contribution in [0.2, 0.25) is 35.2 Å². The Bertz CT molecular complexity index is 1710. The van der Waals surface area contributed by atoms with E-state index in [-0.39, 0.29) is 50.5 Å². The van der Waals surface area contributed by atoms with Gasteiger partial charge in [-0.05, 0) is 58.0 Å². The van der Waals surface area contributed by atoms with Gasteiger partial charge in [0, 0.05) is 12.8 Å². The van der Waals surface area contributed by atoms with Gasteiger partial charge in [0.1, 0.15) is 22.6 Å². The summed E-state index contributed by atoms with van der Waals surface area (Å²) in [7, 11) is 0. The van der Waals surface area contributed by atoms with E-state index in [1.54, 1.807) is 0 Å². The van der Waals surface area contributed by atoms with Crippen molar-refractivity contribution >= 4 is 177 Å². The molecule has 0 bridgehead atoms. The Morgan fingerprint density at radius 3 is 0.906 bits per heavy atom. The average molecular weight is 1010 g/mol. The van der Waals surface area contributed by atoms with Crippen molar-refractivity contribution in [2.24, 2.45) is 0 Å². The minimum Gasteiger partial charge on any atom is -0.281 e. The van der Waals surface area contributed by atoms with Crippen LogP contribution in [0, 0.1) is 40.5 Å². The molecule has 0 aliphatic carbocycles. The highest BCUT2D eigenvalue weighted by Crippen LogP contribution is 2.44. The summed E-state index contributed by atoms with van der Waals surface area (Å²) in [6.07, 6.45) is -6.11. The van der Waals surface area contributed by atoms with Gasteiger partial charge in [-0.15, -0.1) is 11.3 Å². The number of nitro groups is 4. The molecule has 0 unspecified atom stereocenters. The molecule has 0 spiro atoms. The largest absolute Gasteiger partial charge is 0.459 e. The molecule has 0 atom stereocenters. The summed E-state index contributed by atoms with van der Waals surface area (Å²) in [4.78, 5) is 93.3. The van der Waals surface area contributed by atoms with Gasteiger partial charge in [0.2, 0.25) is 10.5 Å². The topological polar surface area (TPSA) is 258 Å². The minimum absolute atomic E-state index is 0.00926. The predicted octanol–water partition coefficient (Wildman–Crippen LogP) is 10.5. The van der Waals surface area contributed by atoms with Crippen LogP contribution in [0.5, 0.6) is 0 Å². The van der Waals surface area contributed by atoms with E-state index in [1.807, 2.05) is 0 Å². The second kappa shape index (κ2) is 22.2. The number of thiophene rings is 1. The number of carbonyl (C=O) groups is 5. The summed E-state index contributed by atoms with van der Waals surface area (Å²) in [5, 5.41) is 39.8. The molecule has 2 aromatic rings. The predicted molar refractivity (Wildman–Crippen MR) is 199 cm³/mol. The van der Waals surface area contributed by atoms with Crippen LogP contribution in [0.1, 0.15) is 68.2 Å². The van der Waals surface area contributed by atoms with Gasteiger partial charge < -0.3 is 0 Å². The first-order chi connectivity index (χ1) is 24.1. The number of hydrogen-bond acceptors (Lipinski definition) is 14. The molecule has 292 valence electrons. The van der Waals surface area contributed by atoms with E-state index in [9.17, 15) is 64.4 Å². The highest BCUT2D eigenvalue weighted by atomic mass is 35.5. The quantitative estimate of drug-likeness (QED) is 0.0379. The number of rotatable bonds is 16. The van der Waals surface area contributed by atoms with Crippen molar-refractivity contribution < 1.29 is 43.7 Å². The fraction of sp³-hybridized carbons (Fsp3) is 0.348. The zero-order valence-electron chi connectivity index (χ0n) is 24.8. The minimum atomic E-state index is -3.09. The van der Waals surface area contributed by atoms with E-state index in [4.69, 9.17) is 139 Å². The van der Waals surface area contributed by atoms with Crippen LogP contribution in [0.25, 0.3) is 0 Å². The van der Waals surface area contributed by atoms with Crippen LogP contribution in [-0.2, 0) is 9.59 Å². The third-order valence-corrected chi connectivity index (χ3v) is 12.0. The van der Waals surface area contributed by atoms with Crippen molar-refractivity contribution in [2.45, 2.75) is 49.9 Å².